The number of furan rings is 1. The molecule has 2 aromatic heterocycles. The Kier molecular flexibility index (Phi) is 5.20. The van der Waals surface area contributed by atoms with E-state index in [1.54, 1.807) is 6.26 Å². The van der Waals surface area contributed by atoms with Crippen molar-refractivity contribution >= 4 is 11.6 Å². The summed E-state index contributed by atoms with van der Waals surface area (Å²) in [6.07, 6.45) is 3.35. The van der Waals surface area contributed by atoms with E-state index in [1.807, 2.05) is 19.1 Å². The highest BCUT2D eigenvalue weighted by atomic mass is 16.3. The summed E-state index contributed by atoms with van der Waals surface area (Å²) < 4.78 is 5.39. The van der Waals surface area contributed by atoms with Gasteiger partial charge in [0.1, 0.15) is 23.2 Å². The number of nitrogens with one attached hydrogen (secondary N) is 2. The van der Waals surface area contributed by atoms with E-state index in [0.29, 0.717) is 0 Å². The first kappa shape index (κ1) is 15.4. The third-order valence-corrected chi connectivity index (χ3v) is 3.32. The van der Waals surface area contributed by atoms with Crippen LogP contribution in [0.4, 0.5) is 11.6 Å². The average molecular weight is 288 g/mol. The van der Waals surface area contributed by atoms with Gasteiger partial charge in [0.05, 0.1) is 6.26 Å². The molecule has 21 heavy (non-hydrogen) atoms. The van der Waals surface area contributed by atoms with Crippen LogP contribution in [0.5, 0.6) is 0 Å². The standard InChI is InChI=1S/C16H24N4O/c1-5-14-19-15(17-6-2)12(4)16(20-14)18-11(3)10-13-8-7-9-21-13/h7-9,11H,5-6,10H2,1-4H3,(H2,17,18,19,20). The fourth-order valence-electron chi connectivity index (χ4n) is 2.22. The molecule has 1 unspecified atom stereocenters. The lowest BCUT2D eigenvalue weighted by atomic mass is 10.2. The van der Waals surface area contributed by atoms with Gasteiger partial charge in [0.15, 0.2) is 0 Å². The van der Waals surface area contributed by atoms with E-state index in [1.165, 1.54) is 0 Å². The van der Waals surface area contributed by atoms with Crippen LogP contribution in [-0.4, -0.2) is 22.6 Å². The van der Waals surface area contributed by atoms with E-state index < -0.39 is 0 Å². The molecule has 2 N–H and O–H groups in total. The van der Waals surface area contributed by atoms with Crippen LogP contribution in [-0.2, 0) is 12.8 Å². The third kappa shape index (κ3) is 3.97. The maximum absolute atomic E-state index is 5.39. The van der Waals surface area contributed by atoms with Gasteiger partial charge in [0.2, 0.25) is 0 Å². The lowest BCUT2D eigenvalue weighted by Crippen LogP contribution is -2.21. The summed E-state index contributed by atoms with van der Waals surface area (Å²) in [6.45, 7) is 9.15. The topological polar surface area (TPSA) is 63.0 Å². The predicted molar refractivity (Wildman–Crippen MR) is 85.8 cm³/mol. The van der Waals surface area contributed by atoms with Crippen molar-refractivity contribution in [3.8, 4) is 0 Å². The molecule has 0 fully saturated rings. The Morgan fingerprint density at radius 1 is 1.24 bits per heavy atom. The lowest BCUT2D eigenvalue weighted by molar-refractivity contribution is 0.497. The molecule has 0 radical (unpaired) electrons. The molecule has 0 saturated carbocycles. The van der Waals surface area contributed by atoms with E-state index in [-0.39, 0.29) is 6.04 Å². The van der Waals surface area contributed by atoms with Crippen molar-refractivity contribution in [2.24, 2.45) is 0 Å². The number of nitrogens with zero attached hydrogens (tertiary/aromatic N) is 2. The van der Waals surface area contributed by atoms with Crippen LogP contribution < -0.4 is 10.6 Å². The van der Waals surface area contributed by atoms with Crippen molar-refractivity contribution < 1.29 is 4.42 Å². The van der Waals surface area contributed by atoms with Crippen molar-refractivity contribution in [1.82, 2.24) is 9.97 Å². The SMILES string of the molecule is CCNc1nc(CC)nc(NC(C)Cc2ccco2)c1C. The molecule has 2 heterocycles. The molecule has 0 saturated heterocycles. The van der Waals surface area contributed by atoms with Crippen molar-refractivity contribution in [3.63, 3.8) is 0 Å². The minimum Gasteiger partial charge on any atom is -0.469 e. The minimum absolute atomic E-state index is 0.240. The summed E-state index contributed by atoms with van der Waals surface area (Å²) in [5.41, 5.74) is 1.06. The molecule has 2 aromatic rings. The van der Waals surface area contributed by atoms with Gasteiger partial charge >= 0.3 is 0 Å². The Labute approximate surface area is 126 Å². The van der Waals surface area contributed by atoms with E-state index >= 15 is 0 Å². The molecule has 1 atom stereocenters. The summed E-state index contributed by atoms with van der Waals surface area (Å²) in [7, 11) is 0. The van der Waals surface area contributed by atoms with Crippen LogP contribution in [0.3, 0.4) is 0 Å². The van der Waals surface area contributed by atoms with Gasteiger partial charge < -0.3 is 15.1 Å². The van der Waals surface area contributed by atoms with Crippen molar-refractivity contribution in [1.29, 1.82) is 0 Å². The summed E-state index contributed by atoms with van der Waals surface area (Å²) in [4.78, 5) is 9.15. The molecule has 0 aliphatic heterocycles. The van der Waals surface area contributed by atoms with Crippen LogP contribution >= 0.6 is 0 Å². The normalized spacial score (nSPS) is 12.2. The van der Waals surface area contributed by atoms with Gasteiger partial charge in [0, 0.05) is 31.0 Å². The number of rotatable bonds is 7. The van der Waals surface area contributed by atoms with Crippen LogP contribution in [0.25, 0.3) is 0 Å². The quantitative estimate of drug-likeness (QED) is 0.817. The van der Waals surface area contributed by atoms with Crippen molar-refractivity contribution in [2.75, 3.05) is 17.2 Å². The summed E-state index contributed by atoms with van der Waals surface area (Å²) in [5, 5.41) is 6.77. The molecule has 0 aliphatic carbocycles. The maximum Gasteiger partial charge on any atom is 0.134 e. The van der Waals surface area contributed by atoms with Crippen LogP contribution in [0.1, 0.15) is 37.9 Å². The summed E-state index contributed by atoms with van der Waals surface area (Å²) in [5.74, 6) is 3.64. The lowest BCUT2D eigenvalue weighted by Gasteiger charge is -2.18. The average Bonchev–Trinajstić information content (AvgIpc) is 2.96. The van der Waals surface area contributed by atoms with E-state index in [2.05, 4.69) is 41.4 Å². The fourth-order valence-corrected chi connectivity index (χ4v) is 2.22. The number of hydrogen-bond donors (Lipinski definition) is 2. The van der Waals surface area contributed by atoms with Gasteiger partial charge in [-0.15, -0.1) is 0 Å². The second-order valence-corrected chi connectivity index (χ2v) is 5.17. The third-order valence-electron chi connectivity index (χ3n) is 3.32. The van der Waals surface area contributed by atoms with Gasteiger partial charge in [0.25, 0.3) is 0 Å². The Morgan fingerprint density at radius 3 is 2.62 bits per heavy atom. The molecule has 0 aromatic carbocycles. The maximum atomic E-state index is 5.39. The van der Waals surface area contributed by atoms with Crippen LogP contribution in [0.15, 0.2) is 22.8 Å². The summed E-state index contributed by atoms with van der Waals surface area (Å²) >= 11 is 0. The smallest absolute Gasteiger partial charge is 0.134 e. The zero-order chi connectivity index (χ0) is 15.2. The predicted octanol–water partition coefficient (Wildman–Crippen LogP) is 3.42. The minimum atomic E-state index is 0.240. The molecule has 0 bridgehead atoms. The molecule has 0 amide bonds. The Balaban J connectivity index is 2.15. The molecule has 2 rings (SSSR count). The first-order valence-corrected chi connectivity index (χ1v) is 7.54. The van der Waals surface area contributed by atoms with Gasteiger partial charge in [-0.25, -0.2) is 9.97 Å². The molecule has 5 heteroatoms. The first-order valence-electron chi connectivity index (χ1n) is 7.54. The van der Waals surface area contributed by atoms with Gasteiger partial charge in [-0.3, -0.25) is 0 Å². The molecule has 0 aliphatic rings. The highest BCUT2D eigenvalue weighted by Crippen LogP contribution is 2.21. The Bertz CT molecular complexity index is 566. The molecule has 5 nitrogen and oxygen atoms in total. The van der Waals surface area contributed by atoms with Crippen molar-refractivity contribution in [2.45, 2.75) is 46.6 Å². The highest BCUT2D eigenvalue weighted by Gasteiger charge is 2.13. The fraction of sp³-hybridized carbons (Fsp3) is 0.500. The van der Waals surface area contributed by atoms with E-state index in [9.17, 15) is 0 Å². The number of hydrogen-bond acceptors (Lipinski definition) is 5. The van der Waals surface area contributed by atoms with Gasteiger partial charge in [-0.2, -0.15) is 0 Å². The second kappa shape index (κ2) is 7.11. The van der Waals surface area contributed by atoms with Gasteiger partial charge in [-0.1, -0.05) is 6.92 Å². The zero-order valence-corrected chi connectivity index (χ0v) is 13.2. The zero-order valence-electron chi connectivity index (χ0n) is 13.2. The van der Waals surface area contributed by atoms with E-state index in [4.69, 9.17) is 4.42 Å². The molecular formula is C16H24N4O. The monoisotopic (exact) mass is 288 g/mol. The number of anilines is 2. The summed E-state index contributed by atoms with van der Waals surface area (Å²) in [6, 6.07) is 4.15. The molecule has 114 valence electrons. The molecular weight excluding hydrogens is 264 g/mol. The van der Waals surface area contributed by atoms with Gasteiger partial charge in [-0.05, 0) is 32.9 Å². The number of aryl methyl sites for hydroxylation is 1. The largest absolute Gasteiger partial charge is 0.469 e. The number of aromatic nitrogens is 2. The highest BCUT2D eigenvalue weighted by molar-refractivity contribution is 5.57. The van der Waals surface area contributed by atoms with Crippen molar-refractivity contribution in [3.05, 3.63) is 35.5 Å². The van der Waals surface area contributed by atoms with Crippen LogP contribution in [0.2, 0.25) is 0 Å². The second-order valence-electron chi connectivity index (χ2n) is 5.17. The van der Waals surface area contributed by atoms with E-state index in [0.717, 1.165) is 48.2 Å². The first-order chi connectivity index (χ1) is 10.1. The Morgan fingerprint density at radius 2 is 2.00 bits per heavy atom. The van der Waals surface area contributed by atoms with Crippen LogP contribution in [0, 0.1) is 6.92 Å². The Hall–Kier alpha value is -2.04. The molecule has 0 spiro atoms.